The molecule has 0 aromatic heterocycles. The fraction of sp³-hybridized carbons (Fsp3) is 0.800. The number of esters is 1. The highest BCUT2D eigenvalue weighted by molar-refractivity contribution is 5.82. The Kier molecular flexibility index (Phi) is 12.5. The molecule has 0 aromatic carbocycles. The summed E-state index contributed by atoms with van der Waals surface area (Å²) in [6, 6.07) is -0.134. The highest BCUT2D eigenvalue weighted by Gasteiger charge is 2.47. The molecule has 0 spiro atoms. The van der Waals surface area contributed by atoms with Gasteiger partial charge < -0.3 is 20.3 Å². The van der Waals surface area contributed by atoms with Gasteiger partial charge >= 0.3 is 5.97 Å². The number of hydrogen-bond acceptors (Lipinski definition) is 6. The molecule has 3 unspecified atom stereocenters. The molecule has 1 rings (SSSR count). The van der Waals surface area contributed by atoms with E-state index < -0.39 is 0 Å². The Morgan fingerprint density at radius 2 is 1.72 bits per heavy atom. The summed E-state index contributed by atoms with van der Waals surface area (Å²) in [6.45, 7) is 29.1. The highest BCUT2D eigenvalue weighted by atomic mass is 16.5. The Bertz CT molecular complexity index is 755. The number of methoxy groups -OCH3 is 1. The monoisotopic (exact) mass is 505 g/mol. The molecule has 0 aromatic rings. The standard InChI is InChI=1S/C30H55N3O3/c1-13-20(5)26-18-33(28(22(7)34)25(26)14-2)21(6)29(30(9,10)11)32-23(8)31-24(17-19(3)4)15-16-27(35)36-12/h19-20,24-26,28-29,31-32H,6,8,13-18H2,1-5,7,9-12H3/t20?,24-,25+,26-,28?,29?/m1/s1. The molecule has 6 heteroatoms. The van der Waals surface area contributed by atoms with E-state index in [1.54, 1.807) is 6.92 Å². The van der Waals surface area contributed by atoms with Gasteiger partial charge in [-0.05, 0) is 48.9 Å². The quantitative estimate of drug-likeness (QED) is 0.270. The van der Waals surface area contributed by atoms with Crippen LogP contribution in [-0.2, 0) is 14.3 Å². The Labute approximate surface area is 221 Å². The smallest absolute Gasteiger partial charge is 0.305 e. The van der Waals surface area contributed by atoms with Crippen molar-refractivity contribution in [2.75, 3.05) is 13.7 Å². The van der Waals surface area contributed by atoms with Crippen LogP contribution in [0, 0.1) is 29.1 Å². The number of rotatable bonds is 15. The van der Waals surface area contributed by atoms with Crippen LogP contribution in [0.1, 0.15) is 94.4 Å². The predicted molar refractivity (Wildman–Crippen MR) is 150 cm³/mol. The van der Waals surface area contributed by atoms with E-state index in [1.165, 1.54) is 7.11 Å². The zero-order valence-corrected chi connectivity index (χ0v) is 24.9. The first-order chi connectivity index (χ1) is 16.7. The predicted octanol–water partition coefficient (Wildman–Crippen LogP) is 5.89. The van der Waals surface area contributed by atoms with E-state index in [2.05, 4.69) is 84.1 Å². The van der Waals surface area contributed by atoms with Crippen molar-refractivity contribution in [3.05, 3.63) is 24.7 Å². The topological polar surface area (TPSA) is 70.7 Å². The molecule has 1 fully saturated rings. The third-order valence-electron chi connectivity index (χ3n) is 7.91. The maximum Gasteiger partial charge on any atom is 0.305 e. The lowest BCUT2D eigenvalue weighted by Crippen LogP contribution is -2.51. The second kappa shape index (κ2) is 14.1. The Hall–Kier alpha value is -1.98. The number of ether oxygens (including phenoxy) is 1. The van der Waals surface area contributed by atoms with Gasteiger partial charge in [-0.25, -0.2) is 0 Å². The number of carbonyl (C=O) groups excluding carboxylic acids is 2. The molecular formula is C30H55N3O3. The van der Waals surface area contributed by atoms with Crippen LogP contribution in [0.5, 0.6) is 0 Å². The van der Waals surface area contributed by atoms with Crippen molar-refractivity contribution in [2.45, 2.75) is 113 Å². The van der Waals surface area contributed by atoms with Gasteiger partial charge in [-0.15, -0.1) is 0 Å². The molecule has 0 aliphatic carbocycles. The van der Waals surface area contributed by atoms with Crippen molar-refractivity contribution >= 4 is 11.8 Å². The van der Waals surface area contributed by atoms with E-state index in [4.69, 9.17) is 4.74 Å². The molecule has 36 heavy (non-hydrogen) atoms. The summed E-state index contributed by atoms with van der Waals surface area (Å²) >= 11 is 0. The lowest BCUT2D eigenvalue weighted by Gasteiger charge is -2.41. The maximum absolute atomic E-state index is 12.9. The molecule has 208 valence electrons. The summed E-state index contributed by atoms with van der Waals surface area (Å²) < 4.78 is 4.84. The SMILES string of the molecule is C=C(NC(C(=C)N1C[C@H](C(C)CC)[C@H](CC)C1C(C)=O)C(C)(C)C)N[C@H](CCC(=O)OC)CC(C)C. The molecule has 0 bridgehead atoms. The summed E-state index contributed by atoms with van der Waals surface area (Å²) in [5.74, 6) is 2.58. The molecule has 1 heterocycles. The first-order valence-electron chi connectivity index (χ1n) is 13.9. The van der Waals surface area contributed by atoms with Crippen molar-refractivity contribution in [1.29, 1.82) is 0 Å². The van der Waals surface area contributed by atoms with Crippen molar-refractivity contribution in [3.8, 4) is 0 Å². The third kappa shape index (κ3) is 8.85. The van der Waals surface area contributed by atoms with Crippen LogP contribution >= 0.6 is 0 Å². The van der Waals surface area contributed by atoms with Gasteiger partial charge in [-0.3, -0.25) is 9.59 Å². The summed E-state index contributed by atoms with van der Waals surface area (Å²) in [6.07, 6.45) is 4.07. The molecule has 2 N–H and O–H groups in total. The first-order valence-corrected chi connectivity index (χ1v) is 13.9. The number of nitrogens with zero attached hydrogens (tertiary/aromatic N) is 1. The summed E-state index contributed by atoms with van der Waals surface area (Å²) in [5.41, 5.74) is 0.795. The Morgan fingerprint density at radius 3 is 2.17 bits per heavy atom. The molecule has 6 atom stereocenters. The van der Waals surface area contributed by atoms with Gasteiger partial charge in [0.15, 0.2) is 5.78 Å². The lowest BCUT2D eigenvalue weighted by molar-refractivity contribution is -0.140. The van der Waals surface area contributed by atoms with E-state index in [0.717, 1.165) is 37.3 Å². The van der Waals surface area contributed by atoms with Gasteiger partial charge in [-0.1, -0.05) is 81.4 Å². The second-order valence-corrected chi connectivity index (χ2v) is 12.3. The van der Waals surface area contributed by atoms with E-state index in [0.29, 0.717) is 36.5 Å². The number of ketones is 1. The highest BCUT2D eigenvalue weighted by Crippen LogP contribution is 2.42. The van der Waals surface area contributed by atoms with Crippen LogP contribution < -0.4 is 10.6 Å². The van der Waals surface area contributed by atoms with Gasteiger partial charge in [0, 0.05) is 24.7 Å². The number of carbonyl (C=O) groups is 2. The third-order valence-corrected chi connectivity index (χ3v) is 7.91. The molecule has 6 nitrogen and oxygen atoms in total. The molecule has 1 aliphatic heterocycles. The average Bonchev–Trinajstić information content (AvgIpc) is 3.18. The largest absolute Gasteiger partial charge is 0.469 e. The normalized spacial score (nSPS) is 22.6. The van der Waals surface area contributed by atoms with Crippen LogP contribution in [0.25, 0.3) is 0 Å². The van der Waals surface area contributed by atoms with Crippen LogP contribution in [0.15, 0.2) is 24.7 Å². The maximum atomic E-state index is 12.9. The molecule has 0 radical (unpaired) electrons. The lowest BCUT2D eigenvalue weighted by atomic mass is 9.78. The molecular weight excluding hydrogens is 450 g/mol. The zero-order chi connectivity index (χ0) is 27.8. The van der Waals surface area contributed by atoms with Crippen LogP contribution in [0.2, 0.25) is 0 Å². The van der Waals surface area contributed by atoms with E-state index in [1.807, 2.05) is 0 Å². The molecule has 0 amide bonds. The van der Waals surface area contributed by atoms with E-state index in [9.17, 15) is 9.59 Å². The van der Waals surface area contributed by atoms with Crippen molar-refractivity contribution in [1.82, 2.24) is 15.5 Å². The van der Waals surface area contributed by atoms with Gasteiger partial charge in [0.1, 0.15) is 0 Å². The minimum absolute atomic E-state index is 0.104. The van der Waals surface area contributed by atoms with Crippen LogP contribution in [0.4, 0.5) is 0 Å². The Morgan fingerprint density at radius 1 is 1.11 bits per heavy atom. The average molecular weight is 506 g/mol. The van der Waals surface area contributed by atoms with Crippen molar-refractivity contribution in [2.24, 2.45) is 29.1 Å². The number of likely N-dealkylation sites (tertiary alicyclic amines) is 1. The minimum Gasteiger partial charge on any atom is -0.469 e. The zero-order valence-electron chi connectivity index (χ0n) is 24.9. The molecule has 1 aliphatic rings. The van der Waals surface area contributed by atoms with Crippen molar-refractivity contribution < 1.29 is 14.3 Å². The molecule has 1 saturated heterocycles. The van der Waals surface area contributed by atoms with Gasteiger partial charge in [0.2, 0.25) is 0 Å². The fourth-order valence-corrected chi connectivity index (χ4v) is 5.83. The Balaban J connectivity index is 3.14. The van der Waals surface area contributed by atoms with Crippen molar-refractivity contribution in [3.63, 3.8) is 0 Å². The first kappa shape index (κ1) is 32.0. The summed E-state index contributed by atoms with van der Waals surface area (Å²) in [7, 11) is 1.43. The van der Waals surface area contributed by atoms with Gasteiger partial charge in [0.05, 0.1) is 25.0 Å². The van der Waals surface area contributed by atoms with Crippen LogP contribution in [0.3, 0.4) is 0 Å². The van der Waals surface area contributed by atoms with E-state index in [-0.39, 0.29) is 35.3 Å². The molecule has 0 saturated carbocycles. The van der Waals surface area contributed by atoms with Crippen LogP contribution in [-0.4, -0.2) is 48.4 Å². The summed E-state index contributed by atoms with van der Waals surface area (Å²) in [5, 5.41) is 7.14. The number of Topliss-reactive ketones (excluding diaryl/α,β-unsaturated/α-hetero) is 1. The van der Waals surface area contributed by atoms with Gasteiger partial charge in [-0.2, -0.15) is 0 Å². The number of hydrogen-bond donors (Lipinski definition) is 2. The number of nitrogens with one attached hydrogen (secondary N) is 2. The summed E-state index contributed by atoms with van der Waals surface area (Å²) in [4.78, 5) is 26.9. The fourth-order valence-electron chi connectivity index (χ4n) is 5.83. The minimum atomic E-state index is -0.198. The second-order valence-electron chi connectivity index (χ2n) is 12.3. The van der Waals surface area contributed by atoms with E-state index >= 15 is 0 Å². The van der Waals surface area contributed by atoms with Gasteiger partial charge in [0.25, 0.3) is 0 Å².